The lowest BCUT2D eigenvalue weighted by atomic mass is 10.4. The van der Waals surface area contributed by atoms with Gasteiger partial charge in [0.05, 0.1) is 5.69 Å². The first-order chi connectivity index (χ1) is 6.24. The Labute approximate surface area is 80.4 Å². The van der Waals surface area contributed by atoms with Crippen LogP contribution in [0.4, 0.5) is 0 Å². The van der Waals surface area contributed by atoms with Crippen molar-refractivity contribution in [3.63, 3.8) is 0 Å². The van der Waals surface area contributed by atoms with Crippen LogP contribution in [0, 0.1) is 19.3 Å². The molecule has 2 heterocycles. The first kappa shape index (κ1) is 8.09. The Hall–Kier alpha value is -1.53. The summed E-state index contributed by atoms with van der Waals surface area (Å²) in [5.74, 6) is 2.43. The van der Waals surface area contributed by atoms with Crippen LogP contribution in [0.1, 0.15) is 11.4 Å². The molecule has 0 saturated carbocycles. The number of hydrogen-bond acceptors (Lipinski definition) is 2. The normalized spacial score (nSPS) is 10.2. The average molecular weight is 192 g/mol. The molecule has 0 fully saturated rings. The molecule has 2 rings (SSSR count). The van der Waals surface area contributed by atoms with Gasteiger partial charge in [0.15, 0.2) is 5.65 Å². The van der Waals surface area contributed by atoms with E-state index in [4.69, 9.17) is 18.0 Å². The molecule has 0 aliphatic heterocycles. The summed E-state index contributed by atoms with van der Waals surface area (Å²) in [5.41, 5.74) is 1.97. The summed E-state index contributed by atoms with van der Waals surface area (Å²) in [7, 11) is 0. The number of rotatable bonds is 0. The summed E-state index contributed by atoms with van der Waals surface area (Å²) in [5, 5.41) is 0.431. The van der Waals surface area contributed by atoms with Crippen molar-refractivity contribution in [2.75, 3.05) is 0 Å². The number of terminal acetylenes is 1. The second kappa shape index (κ2) is 2.75. The van der Waals surface area contributed by atoms with Crippen LogP contribution in [0.3, 0.4) is 0 Å². The van der Waals surface area contributed by atoms with Gasteiger partial charge in [0, 0.05) is 12.4 Å². The molecule has 2 aromatic rings. The molecule has 13 heavy (non-hydrogen) atoms. The largest absolute Gasteiger partial charge is 0.286 e. The van der Waals surface area contributed by atoms with Crippen molar-refractivity contribution in [1.29, 1.82) is 0 Å². The summed E-state index contributed by atoms with van der Waals surface area (Å²) in [6, 6.07) is 0. The monoisotopic (exact) mass is 191 g/mol. The number of fused-ring (bicyclic) bond motifs is 1. The molecule has 0 aliphatic carbocycles. The Morgan fingerprint density at radius 2 is 2.38 bits per heavy atom. The van der Waals surface area contributed by atoms with Crippen LogP contribution >= 0.6 is 11.6 Å². The van der Waals surface area contributed by atoms with Gasteiger partial charge >= 0.3 is 0 Å². The molecule has 0 amide bonds. The predicted octanol–water partition coefficient (Wildman–Crippen LogP) is 1.67. The lowest BCUT2D eigenvalue weighted by Gasteiger charge is -2.02. The van der Waals surface area contributed by atoms with E-state index < -0.39 is 0 Å². The maximum Gasteiger partial charge on any atom is 0.159 e. The van der Waals surface area contributed by atoms with E-state index in [1.165, 1.54) is 0 Å². The maximum atomic E-state index is 5.97. The summed E-state index contributed by atoms with van der Waals surface area (Å²) >= 11 is 5.97. The second-order valence-electron chi connectivity index (χ2n) is 2.60. The summed E-state index contributed by atoms with van der Waals surface area (Å²) in [4.78, 5) is 8.24. The molecule has 0 radical (unpaired) electrons. The van der Waals surface area contributed by atoms with Crippen molar-refractivity contribution in [3.8, 4) is 12.3 Å². The standard InChI is InChI=1S/C9H6ClN3/c1-3-7-8(10)13-5-4-11-9(13)6(2)12-7/h1,4-5H,2H3. The molecule has 0 atom stereocenters. The Balaban J connectivity index is 2.95. The Kier molecular flexibility index (Phi) is 1.71. The minimum atomic E-state index is 0.431. The summed E-state index contributed by atoms with van der Waals surface area (Å²) < 4.78 is 1.72. The quantitative estimate of drug-likeness (QED) is 0.593. The zero-order valence-corrected chi connectivity index (χ0v) is 7.71. The average Bonchev–Trinajstić information content (AvgIpc) is 2.60. The SMILES string of the molecule is C#Cc1nc(C)c2nccn2c1Cl. The number of halogens is 1. The van der Waals surface area contributed by atoms with Gasteiger partial charge in [0.25, 0.3) is 0 Å². The highest BCUT2D eigenvalue weighted by Gasteiger charge is 2.07. The topological polar surface area (TPSA) is 30.2 Å². The molecule has 0 bridgehead atoms. The Morgan fingerprint density at radius 1 is 1.62 bits per heavy atom. The third-order valence-electron chi connectivity index (χ3n) is 1.79. The van der Waals surface area contributed by atoms with Crippen LogP contribution in [0.2, 0.25) is 5.15 Å². The molecule has 0 aromatic carbocycles. The van der Waals surface area contributed by atoms with E-state index in [-0.39, 0.29) is 0 Å². The van der Waals surface area contributed by atoms with Crippen LogP contribution in [0.25, 0.3) is 5.65 Å². The summed E-state index contributed by atoms with van der Waals surface area (Å²) in [6.07, 6.45) is 8.67. The van der Waals surface area contributed by atoms with Gasteiger partial charge in [-0.1, -0.05) is 11.6 Å². The molecule has 0 unspecified atom stereocenters. The van der Waals surface area contributed by atoms with Crippen molar-refractivity contribution in [3.05, 3.63) is 28.9 Å². The fraction of sp³-hybridized carbons (Fsp3) is 0.111. The van der Waals surface area contributed by atoms with Gasteiger partial charge in [0.2, 0.25) is 0 Å². The Morgan fingerprint density at radius 3 is 3.08 bits per heavy atom. The van der Waals surface area contributed by atoms with E-state index in [9.17, 15) is 0 Å². The van der Waals surface area contributed by atoms with Gasteiger partial charge < -0.3 is 0 Å². The molecule has 0 spiro atoms. The highest BCUT2D eigenvalue weighted by atomic mass is 35.5. The van der Waals surface area contributed by atoms with Crippen molar-refractivity contribution < 1.29 is 0 Å². The van der Waals surface area contributed by atoms with Crippen LogP contribution in [0.15, 0.2) is 12.4 Å². The molecule has 3 nitrogen and oxygen atoms in total. The van der Waals surface area contributed by atoms with Crippen molar-refractivity contribution in [2.24, 2.45) is 0 Å². The highest BCUT2D eigenvalue weighted by Crippen LogP contribution is 2.16. The fourth-order valence-electron chi connectivity index (χ4n) is 1.20. The molecule has 0 aliphatic rings. The molecule has 64 valence electrons. The lowest BCUT2D eigenvalue weighted by molar-refractivity contribution is 1.06. The van der Waals surface area contributed by atoms with Crippen LogP contribution < -0.4 is 0 Å². The lowest BCUT2D eigenvalue weighted by Crippen LogP contribution is -1.97. The molecular weight excluding hydrogens is 186 g/mol. The summed E-state index contributed by atoms with van der Waals surface area (Å²) in [6.45, 7) is 1.85. The number of hydrogen-bond donors (Lipinski definition) is 0. The van der Waals surface area contributed by atoms with E-state index in [0.717, 1.165) is 11.3 Å². The fourth-order valence-corrected chi connectivity index (χ4v) is 1.43. The van der Waals surface area contributed by atoms with Crippen molar-refractivity contribution in [2.45, 2.75) is 6.92 Å². The van der Waals surface area contributed by atoms with Gasteiger partial charge in [-0.05, 0) is 12.8 Å². The molecular formula is C9H6ClN3. The van der Waals surface area contributed by atoms with E-state index in [0.29, 0.717) is 10.8 Å². The van der Waals surface area contributed by atoms with Gasteiger partial charge in [-0.15, -0.1) is 6.42 Å². The number of aryl methyl sites for hydroxylation is 1. The minimum Gasteiger partial charge on any atom is -0.286 e. The van der Waals surface area contributed by atoms with Gasteiger partial charge in [-0.3, -0.25) is 4.40 Å². The Bertz CT molecular complexity index is 507. The first-order valence-corrected chi connectivity index (χ1v) is 4.07. The molecule has 4 heteroatoms. The third-order valence-corrected chi connectivity index (χ3v) is 2.15. The van der Waals surface area contributed by atoms with E-state index >= 15 is 0 Å². The molecule has 0 saturated heterocycles. The van der Waals surface area contributed by atoms with E-state index in [2.05, 4.69) is 15.9 Å². The second-order valence-corrected chi connectivity index (χ2v) is 2.96. The first-order valence-electron chi connectivity index (χ1n) is 3.70. The van der Waals surface area contributed by atoms with Crippen LogP contribution in [-0.2, 0) is 0 Å². The molecule has 2 aromatic heterocycles. The molecule has 0 N–H and O–H groups in total. The minimum absolute atomic E-state index is 0.431. The zero-order valence-electron chi connectivity index (χ0n) is 6.95. The van der Waals surface area contributed by atoms with Gasteiger partial charge in [-0.2, -0.15) is 0 Å². The van der Waals surface area contributed by atoms with Crippen molar-refractivity contribution >= 4 is 17.2 Å². The highest BCUT2D eigenvalue weighted by molar-refractivity contribution is 6.30. The number of nitrogens with zero attached hydrogens (tertiary/aromatic N) is 3. The predicted molar refractivity (Wildman–Crippen MR) is 50.7 cm³/mol. The number of imidazole rings is 1. The van der Waals surface area contributed by atoms with E-state index in [1.54, 1.807) is 16.8 Å². The van der Waals surface area contributed by atoms with Crippen LogP contribution in [0.5, 0.6) is 0 Å². The van der Waals surface area contributed by atoms with Gasteiger partial charge in [0.1, 0.15) is 10.8 Å². The maximum absolute atomic E-state index is 5.97. The van der Waals surface area contributed by atoms with Crippen LogP contribution in [-0.4, -0.2) is 14.4 Å². The van der Waals surface area contributed by atoms with E-state index in [1.807, 2.05) is 6.92 Å². The van der Waals surface area contributed by atoms with Gasteiger partial charge in [-0.25, -0.2) is 9.97 Å². The third kappa shape index (κ3) is 1.07. The van der Waals surface area contributed by atoms with Crippen molar-refractivity contribution in [1.82, 2.24) is 14.4 Å². The zero-order chi connectivity index (χ0) is 9.42. The number of aromatic nitrogens is 3. The smallest absolute Gasteiger partial charge is 0.159 e.